The smallest absolute Gasteiger partial charge is 0.321 e. The van der Waals surface area contributed by atoms with Crippen LogP contribution in [0.1, 0.15) is 30.9 Å². The lowest BCUT2D eigenvalue weighted by Crippen LogP contribution is -2.39. The Bertz CT molecular complexity index is 700. The number of nitrogens with zero attached hydrogens (tertiary/aromatic N) is 3. The number of amides is 3. The molecular weight excluding hydrogens is 326 g/mol. The Balaban J connectivity index is 1.34. The minimum atomic E-state index is -0.477. The van der Waals surface area contributed by atoms with E-state index in [1.807, 2.05) is 30.3 Å². The number of thioether (sulfide) groups is 1. The third-order valence-electron chi connectivity index (χ3n) is 3.59. The highest BCUT2D eigenvalue weighted by Gasteiger charge is 2.26. The molecule has 1 fully saturated rings. The minimum Gasteiger partial charge on any atom is -0.334 e. The molecule has 24 heavy (non-hydrogen) atoms. The van der Waals surface area contributed by atoms with Crippen LogP contribution < -0.4 is 10.6 Å². The van der Waals surface area contributed by atoms with E-state index in [1.54, 1.807) is 6.33 Å². The van der Waals surface area contributed by atoms with Gasteiger partial charge in [-0.3, -0.25) is 10.1 Å². The maximum Gasteiger partial charge on any atom is 0.321 e. The summed E-state index contributed by atoms with van der Waals surface area (Å²) in [7, 11) is 0. The van der Waals surface area contributed by atoms with Gasteiger partial charge in [0.1, 0.15) is 6.33 Å². The van der Waals surface area contributed by atoms with Crippen molar-refractivity contribution in [2.45, 2.75) is 37.0 Å². The number of imide groups is 1. The van der Waals surface area contributed by atoms with E-state index in [0.717, 1.165) is 23.6 Å². The van der Waals surface area contributed by atoms with Crippen LogP contribution in [0.25, 0.3) is 0 Å². The van der Waals surface area contributed by atoms with Gasteiger partial charge in [0.2, 0.25) is 5.91 Å². The maximum absolute atomic E-state index is 11.8. The summed E-state index contributed by atoms with van der Waals surface area (Å²) in [6, 6.07) is 9.57. The van der Waals surface area contributed by atoms with E-state index in [2.05, 4.69) is 25.4 Å². The molecule has 2 N–H and O–H groups in total. The van der Waals surface area contributed by atoms with Crippen molar-refractivity contribution in [3.63, 3.8) is 0 Å². The number of carbonyl (C=O) groups excluding carboxylic acids is 2. The van der Waals surface area contributed by atoms with Crippen molar-refractivity contribution in [1.29, 1.82) is 0 Å². The normalized spacial score (nSPS) is 13.5. The number of carbonyl (C=O) groups is 2. The Kier molecular flexibility index (Phi) is 5.47. The van der Waals surface area contributed by atoms with Gasteiger partial charge in [0.15, 0.2) is 5.16 Å². The van der Waals surface area contributed by atoms with Gasteiger partial charge in [0.25, 0.3) is 0 Å². The first kappa shape index (κ1) is 16.5. The van der Waals surface area contributed by atoms with Gasteiger partial charge in [-0.25, -0.2) is 4.79 Å². The molecule has 0 unspecified atom stereocenters. The molecule has 1 aromatic heterocycles. The van der Waals surface area contributed by atoms with Crippen LogP contribution in [0, 0.1) is 0 Å². The molecule has 0 atom stereocenters. The van der Waals surface area contributed by atoms with E-state index in [0.29, 0.717) is 18.3 Å². The molecule has 1 aliphatic carbocycles. The first-order chi connectivity index (χ1) is 11.7. The third kappa shape index (κ3) is 4.82. The minimum absolute atomic E-state index is 0.251. The summed E-state index contributed by atoms with van der Waals surface area (Å²) in [5.41, 5.74) is 0.982. The summed E-state index contributed by atoms with van der Waals surface area (Å²) in [6.45, 7) is 0.388. The van der Waals surface area contributed by atoms with E-state index < -0.39 is 6.03 Å². The van der Waals surface area contributed by atoms with Crippen LogP contribution in [0.2, 0.25) is 0 Å². The molecular formula is C16H19N5O2S. The van der Waals surface area contributed by atoms with Crippen LogP contribution in [-0.4, -0.2) is 32.5 Å². The monoisotopic (exact) mass is 345 g/mol. The molecule has 0 aliphatic heterocycles. The molecule has 0 spiro atoms. The van der Waals surface area contributed by atoms with Crippen LogP contribution in [0.5, 0.6) is 0 Å². The lowest BCUT2D eigenvalue weighted by molar-refractivity contribution is -0.119. The van der Waals surface area contributed by atoms with Gasteiger partial charge in [-0.05, 0) is 18.4 Å². The van der Waals surface area contributed by atoms with Crippen molar-refractivity contribution in [3.05, 3.63) is 42.2 Å². The molecule has 1 saturated carbocycles. The van der Waals surface area contributed by atoms with Crippen LogP contribution >= 0.6 is 11.8 Å². The van der Waals surface area contributed by atoms with E-state index in [1.165, 1.54) is 11.8 Å². The molecule has 3 rings (SSSR count). The van der Waals surface area contributed by atoms with Gasteiger partial charge >= 0.3 is 6.03 Å². The SMILES string of the molecule is O=C(CCSc1nncn1C1CC1)NC(=O)NCc1ccccc1. The van der Waals surface area contributed by atoms with Crippen LogP contribution in [0.4, 0.5) is 4.79 Å². The molecule has 7 nitrogen and oxygen atoms in total. The fraction of sp³-hybridized carbons (Fsp3) is 0.375. The molecule has 126 valence electrons. The summed E-state index contributed by atoms with van der Waals surface area (Å²) in [6.07, 6.45) is 4.30. The molecule has 1 aliphatic rings. The summed E-state index contributed by atoms with van der Waals surface area (Å²) < 4.78 is 2.05. The summed E-state index contributed by atoms with van der Waals surface area (Å²) >= 11 is 1.48. The third-order valence-corrected chi connectivity index (χ3v) is 4.55. The number of hydrogen-bond donors (Lipinski definition) is 2. The van der Waals surface area contributed by atoms with Gasteiger partial charge < -0.3 is 9.88 Å². The zero-order chi connectivity index (χ0) is 16.8. The molecule has 2 aromatic rings. The second kappa shape index (κ2) is 7.96. The standard InChI is InChI=1S/C16H19N5O2S/c22-14(19-15(23)17-10-12-4-2-1-3-5-12)8-9-24-16-20-18-11-21(16)13-6-7-13/h1-5,11,13H,6-10H2,(H2,17,19,22,23). The Morgan fingerprint density at radius 3 is 2.79 bits per heavy atom. The topological polar surface area (TPSA) is 88.9 Å². The first-order valence-corrected chi connectivity index (χ1v) is 8.85. The predicted octanol–water partition coefficient (Wildman–Crippen LogP) is 2.12. The Morgan fingerprint density at radius 1 is 1.25 bits per heavy atom. The number of nitrogens with one attached hydrogen (secondary N) is 2. The molecule has 0 bridgehead atoms. The van der Waals surface area contributed by atoms with Gasteiger partial charge in [0.05, 0.1) is 0 Å². The van der Waals surface area contributed by atoms with Crippen LogP contribution in [0.3, 0.4) is 0 Å². The van der Waals surface area contributed by atoms with Gasteiger partial charge in [0, 0.05) is 24.8 Å². The zero-order valence-electron chi connectivity index (χ0n) is 13.1. The molecule has 0 saturated heterocycles. The lowest BCUT2D eigenvalue weighted by Gasteiger charge is -2.07. The van der Waals surface area contributed by atoms with E-state index in [9.17, 15) is 9.59 Å². The number of aromatic nitrogens is 3. The molecule has 1 aromatic carbocycles. The average Bonchev–Trinajstić information content (AvgIpc) is 3.33. The van der Waals surface area contributed by atoms with Crippen LogP contribution in [-0.2, 0) is 11.3 Å². The highest BCUT2D eigenvalue weighted by atomic mass is 32.2. The first-order valence-electron chi connectivity index (χ1n) is 7.86. The number of rotatable bonds is 7. The van der Waals surface area contributed by atoms with Crippen molar-refractivity contribution in [2.24, 2.45) is 0 Å². The second-order valence-corrected chi connectivity index (χ2v) is 6.63. The van der Waals surface area contributed by atoms with E-state index in [4.69, 9.17) is 0 Å². The van der Waals surface area contributed by atoms with E-state index in [-0.39, 0.29) is 12.3 Å². The number of hydrogen-bond acceptors (Lipinski definition) is 5. The molecule has 8 heteroatoms. The highest BCUT2D eigenvalue weighted by molar-refractivity contribution is 7.99. The van der Waals surface area contributed by atoms with Crippen LogP contribution in [0.15, 0.2) is 41.8 Å². The van der Waals surface area contributed by atoms with Crippen molar-refractivity contribution in [3.8, 4) is 0 Å². The predicted molar refractivity (Wildman–Crippen MR) is 90.5 cm³/mol. The van der Waals surface area contributed by atoms with Gasteiger partial charge in [-0.1, -0.05) is 42.1 Å². The molecule has 3 amide bonds. The fourth-order valence-corrected chi connectivity index (χ4v) is 3.11. The molecule has 0 radical (unpaired) electrons. The van der Waals surface area contributed by atoms with Gasteiger partial charge in [-0.2, -0.15) is 0 Å². The zero-order valence-corrected chi connectivity index (χ0v) is 14.0. The Labute approximate surface area is 144 Å². The lowest BCUT2D eigenvalue weighted by atomic mass is 10.2. The summed E-state index contributed by atoms with van der Waals surface area (Å²) in [4.78, 5) is 23.5. The molecule has 1 heterocycles. The fourth-order valence-electron chi connectivity index (χ4n) is 2.18. The largest absolute Gasteiger partial charge is 0.334 e. The quantitative estimate of drug-likeness (QED) is 0.751. The number of urea groups is 1. The summed E-state index contributed by atoms with van der Waals surface area (Å²) in [5.74, 6) is 0.258. The van der Waals surface area contributed by atoms with Crippen molar-refractivity contribution in [2.75, 3.05) is 5.75 Å². The second-order valence-electron chi connectivity index (χ2n) is 5.57. The van der Waals surface area contributed by atoms with Crippen molar-refractivity contribution in [1.82, 2.24) is 25.4 Å². The Morgan fingerprint density at radius 2 is 2.04 bits per heavy atom. The highest BCUT2D eigenvalue weighted by Crippen LogP contribution is 2.37. The van der Waals surface area contributed by atoms with E-state index >= 15 is 0 Å². The van der Waals surface area contributed by atoms with Gasteiger partial charge in [-0.15, -0.1) is 10.2 Å². The van der Waals surface area contributed by atoms with Crippen molar-refractivity contribution < 1.29 is 9.59 Å². The van der Waals surface area contributed by atoms with Crippen molar-refractivity contribution >= 4 is 23.7 Å². The maximum atomic E-state index is 11.8. The average molecular weight is 345 g/mol. The number of benzene rings is 1. The summed E-state index contributed by atoms with van der Waals surface area (Å²) in [5, 5.41) is 13.8. The Hall–Kier alpha value is -2.35.